The molecule has 8 heteroatoms. The molecule has 3 rings (SSSR count). The highest BCUT2D eigenvalue weighted by Crippen LogP contribution is 2.30. The van der Waals surface area contributed by atoms with Crippen molar-refractivity contribution >= 4 is 17.7 Å². The second kappa shape index (κ2) is 11.8. The second-order valence-electron chi connectivity index (χ2n) is 9.83. The number of rotatable bonds is 8. The largest absolute Gasteiger partial charge is 0.347 e. The first-order chi connectivity index (χ1) is 16.3. The van der Waals surface area contributed by atoms with Gasteiger partial charge in [-0.3, -0.25) is 19.3 Å². The van der Waals surface area contributed by atoms with E-state index in [2.05, 4.69) is 39.9 Å². The van der Waals surface area contributed by atoms with Gasteiger partial charge in [0, 0.05) is 19.6 Å². The van der Waals surface area contributed by atoms with Crippen molar-refractivity contribution < 1.29 is 14.4 Å². The van der Waals surface area contributed by atoms with Crippen LogP contribution in [0, 0.1) is 5.92 Å². The van der Waals surface area contributed by atoms with Crippen LogP contribution in [0.25, 0.3) is 0 Å². The minimum atomic E-state index is -0.679. The van der Waals surface area contributed by atoms with E-state index in [1.807, 2.05) is 26.0 Å². The second-order valence-corrected chi connectivity index (χ2v) is 9.83. The maximum Gasteiger partial charge on any atom is 0.246 e. The topological polar surface area (TPSA) is 93.8 Å². The fourth-order valence-corrected chi connectivity index (χ4v) is 4.89. The number of carbonyl (C=O) groups is 3. The first kappa shape index (κ1) is 26.2. The molecule has 0 radical (unpaired) electrons. The summed E-state index contributed by atoms with van der Waals surface area (Å²) >= 11 is 0. The minimum Gasteiger partial charge on any atom is -0.347 e. The lowest BCUT2D eigenvalue weighted by atomic mass is 9.87. The number of nitrogens with zero attached hydrogens (tertiary/aromatic N) is 2. The van der Waals surface area contributed by atoms with Gasteiger partial charge in [-0.1, -0.05) is 45.0 Å². The van der Waals surface area contributed by atoms with Crippen LogP contribution in [0.2, 0.25) is 0 Å². The van der Waals surface area contributed by atoms with Gasteiger partial charge in [0.2, 0.25) is 17.7 Å². The van der Waals surface area contributed by atoms with E-state index in [9.17, 15) is 14.4 Å². The summed E-state index contributed by atoms with van der Waals surface area (Å²) in [5, 5.41) is 9.07. The van der Waals surface area contributed by atoms with Gasteiger partial charge >= 0.3 is 0 Å². The van der Waals surface area contributed by atoms with Crippen LogP contribution in [0.4, 0.5) is 0 Å². The molecule has 1 aromatic carbocycles. The molecule has 1 fully saturated rings. The van der Waals surface area contributed by atoms with Crippen molar-refractivity contribution in [3.05, 3.63) is 35.4 Å². The van der Waals surface area contributed by atoms with E-state index in [1.54, 1.807) is 18.9 Å². The van der Waals surface area contributed by atoms with Crippen LogP contribution in [0.3, 0.4) is 0 Å². The summed E-state index contributed by atoms with van der Waals surface area (Å²) in [5.74, 6) is -0.627. The Kier molecular flexibility index (Phi) is 9.08. The highest BCUT2D eigenvalue weighted by molar-refractivity contribution is 5.93. The fraction of sp³-hybridized carbons (Fsp3) is 0.654. The van der Waals surface area contributed by atoms with E-state index >= 15 is 0 Å². The molecule has 1 heterocycles. The average molecular weight is 472 g/mol. The smallest absolute Gasteiger partial charge is 0.246 e. The zero-order valence-electron chi connectivity index (χ0n) is 21.3. The van der Waals surface area contributed by atoms with Crippen molar-refractivity contribution in [3.63, 3.8) is 0 Å². The number of carbonyl (C=O) groups excluding carboxylic acids is 3. The van der Waals surface area contributed by atoms with E-state index in [-0.39, 0.29) is 29.7 Å². The monoisotopic (exact) mass is 471 g/mol. The lowest BCUT2D eigenvalue weighted by molar-refractivity contribution is -0.148. The van der Waals surface area contributed by atoms with Gasteiger partial charge in [-0.2, -0.15) is 0 Å². The Morgan fingerprint density at radius 3 is 2.53 bits per heavy atom. The van der Waals surface area contributed by atoms with Crippen molar-refractivity contribution in [1.82, 2.24) is 25.8 Å². The molecule has 2 aliphatic rings. The van der Waals surface area contributed by atoms with Gasteiger partial charge in [0.1, 0.15) is 12.1 Å². The van der Waals surface area contributed by atoms with Crippen LogP contribution < -0.4 is 16.0 Å². The molecule has 1 aliphatic carbocycles. The molecule has 4 unspecified atom stereocenters. The number of piperazine rings is 1. The van der Waals surface area contributed by atoms with Gasteiger partial charge in [-0.15, -0.1) is 0 Å². The number of benzene rings is 1. The van der Waals surface area contributed by atoms with E-state index < -0.39 is 18.1 Å². The molecule has 8 nitrogen and oxygen atoms in total. The number of likely N-dealkylation sites (N-methyl/N-ethyl adjacent to an activating group) is 2. The SMILES string of the molecule is CCN1CCN(C(=O)C(NC(=O)C(C)NC)C(C)C)C(C(=O)NC2CCCc3ccccc32)C1. The molecule has 4 atom stereocenters. The number of hydrogen-bond donors (Lipinski definition) is 3. The van der Waals surface area contributed by atoms with Crippen molar-refractivity contribution in [2.45, 2.75) is 71.1 Å². The standard InChI is InChI=1S/C26H41N5O3/c1-6-30-14-15-31(26(34)23(17(2)3)29-24(32)18(4)27-5)22(16-30)25(33)28-21-13-9-11-19-10-7-8-12-20(19)21/h7-8,10,12,17-18,21-23,27H,6,9,11,13-16H2,1-5H3,(H,28,33)(H,29,32). The molecule has 1 aromatic rings. The summed E-state index contributed by atoms with van der Waals surface area (Å²) in [4.78, 5) is 43.7. The molecule has 1 saturated heterocycles. The maximum atomic E-state index is 13.7. The zero-order valence-corrected chi connectivity index (χ0v) is 21.3. The molecule has 0 saturated carbocycles. The first-order valence-corrected chi connectivity index (χ1v) is 12.6. The van der Waals surface area contributed by atoms with Gasteiger partial charge < -0.3 is 20.9 Å². The van der Waals surface area contributed by atoms with Gasteiger partial charge in [0.15, 0.2) is 0 Å². The third-order valence-corrected chi connectivity index (χ3v) is 7.24. The van der Waals surface area contributed by atoms with Crippen molar-refractivity contribution in [2.75, 3.05) is 33.2 Å². The number of fused-ring (bicyclic) bond motifs is 1. The predicted molar refractivity (Wildman–Crippen MR) is 133 cm³/mol. The molecule has 0 bridgehead atoms. The van der Waals surface area contributed by atoms with E-state index in [0.717, 1.165) is 25.8 Å². The van der Waals surface area contributed by atoms with Gasteiger partial charge in [-0.05, 0) is 56.8 Å². The van der Waals surface area contributed by atoms with Gasteiger partial charge in [0.05, 0.1) is 12.1 Å². The molecule has 34 heavy (non-hydrogen) atoms. The number of amides is 3. The predicted octanol–water partition coefficient (Wildman–Crippen LogP) is 1.46. The Labute approximate surface area is 203 Å². The van der Waals surface area contributed by atoms with E-state index in [0.29, 0.717) is 19.6 Å². The summed E-state index contributed by atoms with van der Waals surface area (Å²) in [5.41, 5.74) is 2.46. The molecular formula is C26H41N5O3. The molecule has 1 aliphatic heterocycles. The molecule has 3 N–H and O–H groups in total. The van der Waals surface area contributed by atoms with Crippen LogP contribution >= 0.6 is 0 Å². The normalized spacial score (nSPS) is 22.6. The third kappa shape index (κ3) is 5.96. The van der Waals surface area contributed by atoms with Gasteiger partial charge in [-0.25, -0.2) is 0 Å². The minimum absolute atomic E-state index is 0.0384. The van der Waals surface area contributed by atoms with E-state index in [1.165, 1.54) is 11.1 Å². The summed E-state index contributed by atoms with van der Waals surface area (Å²) in [6.45, 7) is 10.2. The quantitative estimate of drug-likeness (QED) is 0.534. The lowest BCUT2D eigenvalue weighted by Crippen LogP contribution is -2.65. The van der Waals surface area contributed by atoms with Crippen LogP contribution in [-0.2, 0) is 20.8 Å². The summed E-state index contributed by atoms with van der Waals surface area (Å²) in [6.07, 6.45) is 2.95. The Morgan fingerprint density at radius 2 is 1.85 bits per heavy atom. The average Bonchev–Trinajstić information content (AvgIpc) is 2.85. The maximum absolute atomic E-state index is 13.7. The highest BCUT2D eigenvalue weighted by atomic mass is 16.2. The third-order valence-electron chi connectivity index (χ3n) is 7.24. The number of hydrogen-bond acceptors (Lipinski definition) is 5. The van der Waals surface area contributed by atoms with E-state index in [4.69, 9.17) is 0 Å². The Balaban J connectivity index is 1.79. The number of aryl methyl sites for hydroxylation is 1. The summed E-state index contributed by atoms with van der Waals surface area (Å²) in [6, 6.07) is 6.57. The molecule has 188 valence electrons. The summed E-state index contributed by atoms with van der Waals surface area (Å²) < 4.78 is 0. The zero-order chi connectivity index (χ0) is 24.8. The Bertz CT molecular complexity index is 874. The Morgan fingerprint density at radius 1 is 1.12 bits per heavy atom. The molecular weight excluding hydrogens is 430 g/mol. The lowest BCUT2D eigenvalue weighted by Gasteiger charge is -2.42. The van der Waals surface area contributed by atoms with Crippen LogP contribution in [-0.4, -0.2) is 78.9 Å². The fourth-order valence-electron chi connectivity index (χ4n) is 4.89. The summed E-state index contributed by atoms with van der Waals surface area (Å²) in [7, 11) is 1.71. The van der Waals surface area contributed by atoms with Gasteiger partial charge in [0.25, 0.3) is 0 Å². The number of nitrogens with one attached hydrogen (secondary N) is 3. The van der Waals surface area contributed by atoms with Crippen molar-refractivity contribution in [1.29, 1.82) is 0 Å². The van der Waals surface area contributed by atoms with Crippen LogP contribution in [0.1, 0.15) is 57.7 Å². The Hall–Kier alpha value is -2.45. The first-order valence-electron chi connectivity index (χ1n) is 12.6. The van der Waals surface area contributed by atoms with Crippen molar-refractivity contribution in [2.24, 2.45) is 5.92 Å². The molecule has 3 amide bonds. The molecule has 0 spiro atoms. The van der Waals surface area contributed by atoms with Crippen LogP contribution in [0.15, 0.2) is 24.3 Å². The molecule has 0 aromatic heterocycles. The van der Waals surface area contributed by atoms with Crippen LogP contribution in [0.5, 0.6) is 0 Å². The van der Waals surface area contributed by atoms with Crippen molar-refractivity contribution in [3.8, 4) is 0 Å². The highest BCUT2D eigenvalue weighted by Gasteiger charge is 2.40.